The first kappa shape index (κ1) is 14.2. The monoisotopic (exact) mass is 279 g/mol. The van der Waals surface area contributed by atoms with Crippen molar-refractivity contribution >= 4 is 11.9 Å². The van der Waals surface area contributed by atoms with Gasteiger partial charge in [0.25, 0.3) is 5.91 Å². The average Bonchev–Trinajstić information content (AvgIpc) is 2.80. The molecule has 1 aliphatic heterocycles. The molecule has 1 amide bonds. The highest BCUT2D eigenvalue weighted by Gasteiger charge is 2.33. The van der Waals surface area contributed by atoms with Gasteiger partial charge in [0.05, 0.1) is 0 Å². The molecule has 0 spiro atoms. The van der Waals surface area contributed by atoms with Gasteiger partial charge in [-0.2, -0.15) is 0 Å². The fourth-order valence-corrected chi connectivity index (χ4v) is 1.90. The Hall–Kier alpha value is -2.24. The highest BCUT2D eigenvalue weighted by atomic mass is 16.7. The van der Waals surface area contributed by atoms with E-state index < -0.39 is 23.3 Å². The van der Waals surface area contributed by atoms with Crippen LogP contribution in [0.15, 0.2) is 18.2 Å². The van der Waals surface area contributed by atoms with Crippen LogP contribution < -0.4 is 14.8 Å². The Balaban J connectivity index is 2.17. The predicted octanol–water partition coefficient (Wildman–Crippen LogP) is 1.64. The molecule has 20 heavy (non-hydrogen) atoms. The molecular formula is C14H17NO5. The number of benzene rings is 1. The third-order valence-electron chi connectivity index (χ3n) is 3.02. The van der Waals surface area contributed by atoms with Gasteiger partial charge in [-0.1, -0.05) is 20.8 Å². The minimum atomic E-state index is -1.06. The Morgan fingerprint density at radius 1 is 1.25 bits per heavy atom. The number of fused-ring (bicyclic) bond motifs is 1. The van der Waals surface area contributed by atoms with Crippen LogP contribution in [0.1, 0.15) is 31.1 Å². The van der Waals surface area contributed by atoms with Crippen molar-refractivity contribution in [2.45, 2.75) is 26.8 Å². The van der Waals surface area contributed by atoms with E-state index in [4.69, 9.17) is 9.47 Å². The summed E-state index contributed by atoms with van der Waals surface area (Å²) >= 11 is 0. The Morgan fingerprint density at radius 2 is 1.90 bits per heavy atom. The first-order valence-electron chi connectivity index (χ1n) is 6.22. The van der Waals surface area contributed by atoms with E-state index in [0.29, 0.717) is 17.1 Å². The number of amides is 1. The van der Waals surface area contributed by atoms with E-state index in [9.17, 15) is 14.7 Å². The molecule has 1 aromatic rings. The molecule has 0 bridgehead atoms. The van der Waals surface area contributed by atoms with Crippen molar-refractivity contribution < 1.29 is 24.2 Å². The lowest BCUT2D eigenvalue weighted by molar-refractivity contribution is -0.142. The van der Waals surface area contributed by atoms with Crippen molar-refractivity contribution in [3.8, 4) is 11.5 Å². The maximum atomic E-state index is 12.1. The number of carbonyl (C=O) groups is 2. The topological polar surface area (TPSA) is 84.9 Å². The zero-order valence-electron chi connectivity index (χ0n) is 11.6. The van der Waals surface area contributed by atoms with E-state index in [1.165, 1.54) is 0 Å². The van der Waals surface area contributed by atoms with Crippen molar-refractivity contribution in [1.29, 1.82) is 0 Å². The Bertz CT molecular complexity index is 547. The van der Waals surface area contributed by atoms with Crippen LogP contribution in [0.4, 0.5) is 0 Å². The summed E-state index contributed by atoms with van der Waals surface area (Å²) < 4.78 is 10.3. The van der Waals surface area contributed by atoms with Gasteiger partial charge in [0, 0.05) is 5.56 Å². The average molecular weight is 279 g/mol. The molecule has 1 aromatic carbocycles. The molecule has 0 aromatic heterocycles. The summed E-state index contributed by atoms with van der Waals surface area (Å²) in [6.07, 6.45) is 0. The quantitative estimate of drug-likeness (QED) is 0.878. The van der Waals surface area contributed by atoms with Crippen molar-refractivity contribution in [3.05, 3.63) is 23.8 Å². The minimum Gasteiger partial charge on any atom is -0.480 e. The van der Waals surface area contributed by atoms with Gasteiger partial charge in [-0.3, -0.25) is 4.79 Å². The van der Waals surface area contributed by atoms with Crippen LogP contribution in [-0.2, 0) is 4.79 Å². The number of carboxylic acids is 1. The maximum absolute atomic E-state index is 12.1. The molecule has 1 aliphatic rings. The number of carbonyl (C=O) groups excluding carboxylic acids is 1. The van der Waals surface area contributed by atoms with E-state index in [0.717, 1.165) is 0 Å². The van der Waals surface area contributed by atoms with Gasteiger partial charge >= 0.3 is 5.97 Å². The summed E-state index contributed by atoms with van der Waals surface area (Å²) in [4.78, 5) is 23.4. The van der Waals surface area contributed by atoms with Crippen LogP contribution in [0.3, 0.4) is 0 Å². The van der Waals surface area contributed by atoms with E-state index in [1.807, 2.05) is 0 Å². The lowest BCUT2D eigenvalue weighted by atomic mass is 9.86. The second kappa shape index (κ2) is 5.03. The fourth-order valence-electron chi connectivity index (χ4n) is 1.90. The molecule has 2 rings (SSSR count). The molecule has 6 heteroatoms. The third kappa shape index (κ3) is 2.84. The Labute approximate surface area is 116 Å². The van der Waals surface area contributed by atoms with Crippen molar-refractivity contribution in [3.63, 3.8) is 0 Å². The molecule has 108 valence electrons. The number of ether oxygens (including phenoxy) is 2. The van der Waals surface area contributed by atoms with E-state index >= 15 is 0 Å². The predicted molar refractivity (Wildman–Crippen MR) is 70.9 cm³/mol. The van der Waals surface area contributed by atoms with Crippen LogP contribution >= 0.6 is 0 Å². The van der Waals surface area contributed by atoms with Crippen LogP contribution in [0.5, 0.6) is 11.5 Å². The van der Waals surface area contributed by atoms with Gasteiger partial charge in [0.1, 0.15) is 6.04 Å². The van der Waals surface area contributed by atoms with Gasteiger partial charge in [0.15, 0.2) is 11.5 Å². The lowest BCUT2D eigenvalue weighted by Gasteiger charge is -2.27. The molecule has 0 saturated heterocycles. The molecule has 0 fully saturated rings. The number of rotatable bonds is 3. The summed E-state index contributed by atoms with van der Waals surface area (Å²) in [7, 11) is 0. The largest absolute Gasteiger partial charge is 0.480 e. The zero-order valence-corrected chi connectivity index (χ0v) is 11.6. The highest BCUT2D eigenvalue weighted by Crippen LogP contribution is 2.32. The number of hydrogen-bond acceptors (Lipinski definition) is 4. The normalized spacial score (nSPS) is 14.8. The summed E-state index contributed by atoms with van der Waals surface area (Å²) in [5.74, 6) is -0.454. The van der Waals surface area contributed by atoms with Gasteiger partial charge < -0.3 is 19.9 Å². The van der Waals surface area contributed by atoms with Crippen LogP contribution in [0.25, 0.3) is 0 Å². The molecule has 0 saturated carbocycles. The number of aliphatic carboxylic acids is 1. The second-order valence-corrected chi connectivity index (χ2v) is 5.68. The van der Waals surface area contributed by atoms with Crippen LogP contribution in [0, 0.1) is 5.41 Å². The first-order chi connectivity index (χ1) is 9.29. The highest BCUT2D eigenvalue weighted by molar-refractivity contribution is 5.97. The molecule has 1 atom stereocenters. The summed E-state index contributed by atoms with van der Waals surface area (Å²) in [6, 6.07) is 3.77. The molecule has 2 N–H and O–H groups in total. The number of nitrogens with one attached hydrogen (secondary N) is 1. The van der Waals surface area contributed by atoms with Crippen LogP contribution in [-0.4, -0.2) is 29.8 Å². The Kier molecular flexibility index (Phi) is 3.57. The molecule has 0 unspecified atom stereocenters. The Morgan fingerprint density at radius 3 is 2.50 bits per heavy atom. The summed E-state index contributed by atoms with van der Waals surface area (Å²) in [6.45, 7) is 5.39. The molecule has 0 radical (unpaired) electrons. The van der Waals surface area contributed by atoms with Crippen molar-refractivity contribution in [2.24, 2.45) is 5.41 Å². The number of hydrogen-bond donors (Lipinski definition) is 2. The van der Waals surface area contributed by atoms with Gasteiger partial charge in [-0.25, -0.2) is 4.79 Å². The van der Waals surface area contributed by atoms with Crippen molar-refractivity contribution in [2.75, 3.05) is 6.79 Å². The SMILES string of the molecule is CC(C)(C)[C@@H](NC(=O)c1ccc2c(c1)OCO2)C(=O)O. The smallest absolute Gasteiger partial charge is 0.326 e. The maximum Gasteiger partial charge on any atom is 0.326 e. The third-order valence-corrected chi connectivity index (χ3v) is 3.02. The second-order valence-electron chi connectivity index (χ2n) is 5.68. The lowest BCUT2D eigenvalue weighted by Crippen LogP contribution is -2.49. The number of carboxylic acid groups (broad SMARTS) is 1. The molecule has 1 heterocycles. The van der Waals surface area contributed by atoms with Gasteiger partial charge in [-0.05, 0) is 23.6 Å². The van der Waals surface area contributed by atoms with Crippen molar-refractivity contribution in [1.82, 2.24) is 5.32 Å². The molecule has 6 nitrogen and oxygen atoms in total. The van der Waals surface area contributed by atoms with E-state index in [2.05, 4.69) is 5.32 Å². The fraction of sp³-hybridized carbons (Fsp3) is 0.429. The standard InChI is InChI=1S/C14H17NO5/c1-14(2,3)11(13(17)18)15-12(16)8-4-5-9-10(6-8)20-7-19-9/h4-6,11H,7H2,1-3H3,(H,15,16)(H,17,18)/t11-/m0/s1. The van der Waals surface area contributed by atoms with E-state index in [-0.39, 0.29) is 6.79 Å². The molecular weight excluding hydrogens is 262 g/mol. The molecule has 0 aliphatic carbocycles. The minimum absolute atomic E-state index is 0.125. The van der Waals surface area contributed by atoms with Gasteiger partial charge in [-0.15, -0.1) is 0 Å². The van der Waals surface area contributed by atoms with Gasteiger partial charge in [0.2, 0.25) is 6.79 Å². The van der Waals surface area contributed by atoms with E-state index in [1.54, 1.807) is 39.0 Å². The summed E-state index contributed by atoms with van der Waals surface area (Å²) in [5.41, 5.74) is -0.248. The zero-order chi connectivity index (χ0) is 14.9. The summed E-state index contributed by atoms with van der Waals surface area (Å²) in [5, 5.41) is 11.7. The first-order valence-corrected chi connectivity index (χ1v) is 6.22. The van der Waals surface area contributed by atoms with Crippen LogP contribution in [0.2, 0.25) is 0 Å².